The molecule has 5 nitrogen and oxygen atoms in total. The number of hydrogen-bond donors (Lipinski definition) is 1. The molecule has 0 aliphatic carbocycles. The molecule has 17 heavy (non-hydrogen) atoms. The molecule has 0 saturated heterocycles. The molecule has 2 aromatic rings. The highest BCUT2D eigenvalue weighted by atomic mass is 16.5. The zero-order valence-corrected chi connectivity index (χ0v) is 10.5. The van der Waals surface area contributed by atoms with E-state index in [1.807, 2.05) is 6.07 Å². The van der Waals surface area contributed by atoms with Crippen LogP contribution >= 0.6 is 0 Å². The van der Waals surface area contributed by atoms with Crippen LogP contribution in [0.15, 0.2) is 18.5 Å². The molecule has 0 aliphatic heterocycles. The Morgan fingerprint density at radius 3 is 2.53 bits per heavy atom. The summed E-state index contributed by atoms with van der Waals surface area (Å²) in [6, 6.07) is 3.78. The van der Waals surface area contributed by atoms with Crippen LogP contribution in [0, 0.1) is 0 Å². The van der Waals surface area contributed by atoms with Crippen molar-refractivity contribution in [2.75, 3.05) is 7.11 Å². The number of hydrogen-bond acceptors (Lipinski definition) is 4. The van der Waals surface area contributed by atoms with E-state index in [1.54, 1.807) is 13.2 Å². The second-order valence-corrected chi connectivity index (χ2v) is 4.86. The van der Waals surface area contributed by atoms with E-state index in [0.717, 1.165) is 17.1 Å². The van der Waals surface area contributed by atoms with Gasteiger partial charge in [0.05, 0.1) is 24.2 Å². The Balaban J connectivity index is 2.37. The lowest BCUT2D eigenvalue weighted by Crippen LogP contribution is -2.11. The number of H-pyrrole nitrogens is 1. The molecule has 2 aromatic heterocycles. The van der Waals surface area contributed by atoms with Crippen LogP contribution in [0.2, 0.25) is 0 Å². The summed E-state index contributed by atoms with van der Waals surface area (Å²) in [7, 11) is 1.58. The molecule has 0 radical (unpaired) electrons. The van der Waals surface area contributed by atoms with Crippen molar-refractivity contribution >= 4 is 0 Å². The first-order valence-electron chi connectivity index (χ1n) is 5.43. The largest absolute Gasteiger partial charge is 0.481 e. The van der Waals surface area contributed by atoms with Crippen LogP contribution in [-0.2, 0) is 5.41 Å². The standard InChI is InChI=1S/C12H16N4O/c1-12(2,3)10-5-9(15-16-10)8-6-11(17-4)14-7-13-8/h5-7H,1-4H3,(H,15,16). The highest BCUT2D eigenvalue weighted by Crippen LogP contribution is 2.24. The van der Waals surface area contributed by atoms with Gasteiger partial charge in [0.1, 0.15) is 6.33 Å². The third kappa shape index (κ3) is 2.43. The van der Waals surface area contributed by atoms with Crippen molar-refractivity contribution in [1.82, 2.24) is 20.2 Å². The summed E-state index contributed by atoms with van der Waals surface area (Å²) >= 11 is 0. The van der Waals surface area contributed by atoms with Crippen molar-refractivity contribution < 1.29 is 4.74 Å². The number of methoxy groups -OCH3 is 1. The van der Waals surface area contributed by atoms with Crippen molar-refractivity contribution in [1.29, 1.82) is 0 Å². The number of ether oxygens (including phenoxy) is 1. The lowest BCUT2D eigenvalue weighted by Gasteiger charge is -2.13. The first-order chi connectivity index (χ1) is 8.00. The minimum atomic E-state index is 0.0197. The summed E-state index contributed by atoms with van der Waals surface area (Å²) in [4.78, 5) is 8.16. The molecule has 0 aromatic carbocycles. The summed E-state index contributed by atoms with van der Waals surface area (Å²) in [5, 5.41) is 7.28. The third-order valence-electron chi connectivity index (χ3n) is 2.47. The van der Waals surface area contributed by atoms with E-state index in [0.29, 0.717) is 5.88 Å². The minimum absolute atomic E-state index is 0.0197. The number of nitrogens with zero attached hydrogens (tertiary/aromatic N) is 3. The molecule has 2 rings (SSSR count). The van der Waals surface area contributed by atoms with Gasteiger partial charge in [-0.3, -0.25) is 5.10 Å². The van der Waals surface area contributed by atoms with Gasteiger partial charge in [-0.2, -0.15) is 5.10 Å². The molecular weight excluding hydrogens is 216 g/mol. The summed E-state index contributed by atoms with van der Waals surface area (Å²) in [6.07, 6.45) is 1.48. The Hall–Kier alpha value is -1.91. The predicted octanol–water partition coefficient (Wildman–Crippen LogP) is 2.17. The van der Waals surface area contributed by atoms with E-state index >= 15 is 0 Å². The van der Waals surface area contributed by atoms with E-state index in [-0.39, 0.29) is 5.41 Å². The first-order valence-corrected chi connectivity index (χ1v) is 5.43. The Labute approximate surface area is 100 Å². The second kappa shape index (κ2) is 4.16. The van der Waals surface area contributed by atoms with Crippen LogP contribution in [0.5, 0.6) is 5.88 Å². The van der Waals surface area contributed by atoms with Crippen molar-refractivity contribution in [2.24, 2.45) is 0 Å². The maximum atomic E-state index is 5.06. The lowest BCUT2D eigenvalue weighted by atomic mass is 9.92. The van der Waals surface area contributed by atoms with Crippen LogP contribution in [0.1, 0.15) is 26.5 Å². The molecule has 0 fully saturated rings. The molecule has 0 amide bonds. The van der Waals surface area contributed by atoms with Crippen molar-refractivity contribution in [3.63, 3.8) is 0 Å². The topological polar surface area (TPSA) is 63.7 Å². The fraction of sp³-hybridized carbons (Fsp3) is 0.417. The van der Waals surface area contributed by atoms with Gasteiger partial charge in [0, 0.05) is 11.5 Å². The van der Waals surface area contributed by atoms with Crippen LogP contribution in [0.25, 0.3) is 11.4 Å². The molecule has 0 aliphatic rings. The zero-order chi connectivity index (χ0) is 12.5. The highest BCUT2D eigenvalue weighted by molar-refractivity contribution is 5.55. The van der Waals surface area contributed by atoms with E-state index in [4.69, 9.17) is 4.74 Å². The summed E-state index contributed by atoms with van der Waals surface area (Å²) in [6.45, 7) is 6.36. The normalized spacial score (nSPS) is 11.5. The van der Waals surface area contributed by atoms with Crippen molar-refractivity contribution in [3.05, 3.63) is 24.2 Å². The average Bonchev–Trinajstić information content (AvgIpc) is 2.78. The zero-order valence-electron chi connectivity index (χ0n) is 10.5. The molecule has 0 saturated carbocycles. The van der Waals surface area contributed by atoms with Crippen molar-refractivity contribution in [3.8, 4) is 17.3 Å². The maximum Gasteiger partial charge on any atom is 0.216 e. The van der Waals surface area contributed by atoms with Gasteiger partial charge in [-0.1, -0.05) is 20.8 Å². The first kappa shape index (κ1) is 11.6. The molecule has 0 spiro atoms. The van der Waals surface area contributed by atoms with Crippen LogP contribution in [0.4, 0.5) is 0 Å². The Morgan fingerprint density at radius 1 is 1.18 bits per heavy atom. The van der Waals surface area contributed by atoms with Gasteiger partial charge in [-0.25, -0.2) is 9.97 Å². The molecular formula is C12H16N4O. The van der Waals surface area contributed by atoms with Gasteiger partial charge >= 0.3 is 0 Å². The SMILES string of the molecule is COc1cc(-c2cc(C(C)(C)C)n[nH]2)ncn1. The summed E-state index contributed by atoms with van der Waals surface area (Å²) in [5.41, 5.74) is 2.67. The smallest absolute Gasteiger partial charge is 0.216 e. The van der Waals surface area contributed by atoms with E-state index in [2.05, 4.69) is 40.9 Å². The second-order valence-electron chi connectivity index (χ2n) is 4.86. The highest BCUT2D eigenvalue weighted by Gasteiger charge is 2.18. The summed E-state index contributed by atoms with van der Waals surface area (Å²) in [5.74, 6) is 0.543. The fourth-order valence-corrected chi connectivity index (χ4v) is 1.44. The van der Waals surface area contributed by atoms with Crippen LogP contribution in [0.3, 0.4) is 0 Å². The Morgan fingerprint density at radius 2 is 1.94 bits per heavy atom. The van der Waals surface area contributed by atoms with Gasteiger partial charge in [0.25, 0.3) is 0 Å². The predicted molar refractivity (Wildman–Crippen MR) is 64.9 cm³/mol. The van der Waals surface area contributed by atoms with E-state index in [1.165, 1.54) is 6.33 Å². The number of nitrogens with one attached hydrogen (secondary N) is 1. The van der Waals surface area contributed by atoms with Gasteiger partial charge in [-0.05, 0) is 6.07 Å². The van der Waals surface area contributed by atoms with Crippen molar-refractivity contribution in [2.45, 2.75) is 26.2 Å². The lowest BCUT2D eigenvalue weighted by molar-refractivity contribution is 0.397. The van der Waals surface area contributed by atoms with Crippen LogP contribution < -0.4 is 4.74 Å². The number of rotatable bonds is 2. The minimum Gasteiger partial charge on any atom is -0.481 e. The average molecular weight is 232 g/mol. The van der Waals surface area contributed by atoms with Crippen LogP contribution in [-0.4, -0.2) is 27.3 Å². The number of aromatic nitrogens is 4. The quantitative estimate of drug-likeness (QED) is 0.861. The van der Waals surface area contributed by atoms with Gasteiger partial charge < -0.3 is 4.74 Å². The maximum absolute atomic E-state index is 5.06. The molecule has 2 heterocycles. The van der Waals surface area contributed by atoms with Gasteiger partial charge in [-0.15, -0.1) is 0 Å². The molecule has 5 heteroatoms. The molecule has 90 valence electrons. The monoisotopic (exact) mass is 232 g/mol. The molecule has 0 bridgehead atoms. The third-order valence-corrected chi connectivity index (χ3v) is 2.47. The number of aromatic amines is 1. The Kier molecular flexibility index (Phi) is 2.83. The van der Waals surface area contributed by atoms with Gasteiger partial charge in [0.2, 0.25) is 5.88 Å². The molecule has 0 unspecified atom stereocenters. The summed E-state index contributed by atoms with van der Waals surface area (Å²) < 4.78 is 5.06. The molecule has 0 atom stereocenters. The van der Waals surface area contributed by atoms with Gasteiger partial charge in [0.15, 0.2) is 0 Å². The fourth-order valence-electron chi connectivity index (χ4n) is 1.44. The van der Waals surface area contributed by atoms with E-state index < -0.39 is 0 Å². The Bertz CT molecular complexity index is 513. The molecule has 1 N–H and O–H groups in total. The van der Waals surface area contributed by atoms with E-state index in [9.17, 15) is 0 Å².